The van der Waals surface area contributed by atoms with E-state index in [-0.39, 0.29) is 18.8 Å². The summed E-state index contributed by atoms with van der Waals surface area (Å²) in [5.74, 6) is -1.39. The third-order valence-electron chi connectivity index (χ3n) is 2.56. The van der Waals surface area contributed by atoms with Crippen molar-refractivity contribution >= 4 is 0 Å². The summed E-state index contributed by atoms with van der Waals surface area (Å²) >= 11 is 0. The Morgan fingerprint density at radius 3 is 2.15 bits per heavy atom. The maximum Gasteiger partial charge on any atom is 0.419 e. The first-order valence-electron chi connectivity index (χ1n) is 6.09. The van der Waals surface area contributed by atoms with Gasteiger partial charge in [-0.1, -0.05) is 6.07 Å². The van der Waals surface area contributed by atoms with Crippen LogP contribution in [0.1, 0.15) is 31.1 Å². The van der Waals surface area contributed by atoms with Gasteiger partial charge in [0.05, 0.1) is 5.56 Å². The molecule has 1 atom stereocenters. The van der Waals surface area contributed by atoms with E-state index in [0.717, 1.165) is 6.07 Å². The SMILES string of the molecule is CCOC(OCC)C(O)c1ccc(F)c(C(F)(F)F)c1. The van der Waals surface area contributed by atoms with Gasteiger partial charge < -0.3 is 14.6 Å². The lowest BCUT2D eigenvalue weighted by molar-refractivity contribution is -0.191. The van der Waals surface area contributed by atoms with E-state index in [1.54, 1.807) is 13.8 Å². The van der Waals surface area contributed by atoms with Crippen LogP contribution in [0.4, 0.5) is 17.6 Å². The highest BCUT2D eigenvalue weighted by molar-refractivity contribution is 5.29. The van der Waals surface area contributed by atoms with Gasteiger partial charge in [0.15, 0.2) is 6.29 Å². The molecule has 0 saturated carbocycles. The molecule has 1 aromatic carbocycles. The largest absolute Gasteiger partial charge is 0.419 e. The van der Waals surface area contributed by atoms with E-state index in [2.05, 4.69) is 0 Å². The van der Waals surface area contributed by atoms with Gasteiger partial charge in [-0.2, -0.15) is 13.2 Å². The molecule has 0 radical (unpaired) electrons. The molecule has 0 spiro atoms. The maximum atomic E-state index is 13.2. The predicted octanol–water partition coefficient (Wildman–Crippen LogP) is 3.28. The van der Waals surface area contributed by atoms with Gasteiger partial charge in [0.1, 0.15) is 11.9 Å². The molecule has 1 N–H and O–H groups in total. The summed E-state index contributed by atoms with van der Waals surface area (Å²) in [5, 5.41) is 9.98. The van der Waals surface area contributed by atoms with Gasteiger partial charge in [0.2, 0.25) is 0 Å². The van der Waals surface area contributed by atoms with Gasteiger partial charge in [-0.05, 0) is 31.5 Å². The Bertz CT molecular complexity index is 428. The van der Waals surface area contributed by atoms with Crippen molar-refractivity contribution in [3.8, 4) is 0 Å². The molecule has 20 heavy (non-hydrogen) atoms. The number of hydrogen-bond acceptors (Lipinski definition) is 3. The smallest absolute Gasteiger partial charge is 0.383 e. The second-order valence-electron chi connectivity index (χ2n) is 3.96. The topological polar surface area (TPSA) is 38.7 Å². The van der Waals surface area contributed by atoms with E-state index in [4.69, 9.17) is 9.47 Å². The minimum absolute atomic E-state index is 0.120. The zero-order valence-corrected chi connectivity index (χ0v) is 11.1. The van der Waals surface area contributed by atoms with Crippen molar-refractivity contribution in [1.29, 1.82) is 0 Å². The van der Waals surface area contributed by atoms with Crippen LogP contribution in [-0.2, 0) is 15.7 Å². The molecule has 1 aromatic rings. The summed E-state index contributed by atoms with van der Waals surface area (Å²) < 4.78 is 61.2. The van der Waals surface area contributed by atoms with E-state index >= 15 is 0 Å². The second kappa shape index (κ2) is 7.01. The van der Waals surface area contributed by atoms with Crippen LogP contribution in [-0.4, -0.2) is 24.6 Å². The molecule has 0 saturated heterocycles. The number of alkyl halides is 3. The minimum Gasteiger partial charge on any atom is -0.383 e. The fourth-order valence-electron chi connectivity index (χ4n) is 1.66. The van der Waals surface area contributed by atoms with Crippen LogP contribution in [0.25, 0.3) is 0 Å². The van der Waals surface area contributed by atoms with Gasteiger partial charge in [-0.25, -0.2) is 4.39 Å². The van der Waals surface area contributed by atoms with Crippen molar-refractivity contribution in [2.24, 2.45) is 0 Å². The lowest BCUT2D eigenvalue weighted by Crippen LogP contribution is -2.26. The number of benzene rings is 1. The van der Waals surface area contributed by atoms with Crippen LogP contribution in [0.2, 0.25) is 0 Å². The monoisotopic (exact) mass is 296 g/mol. The summed E-state index contributed by atoms with van der Waals surface area (Å²) in [7, 11) is 0. The number of halogens is 4. The molecule has 0 fully saturated rings. The summed E-state index contributed by atoms with van der Waals surface area (Å²) in [5.41, 5.74) is -1.55. The Hall–Kier alpha value is -1.18. The molecular formula is C13H16F4O3. The Balaban J connectivity index is 3.06. The summed E-state index contributed by atoms with van der Waals surface area (Å²) in [6.45, 7) is 3.75. The zero-order valence-electron chi connectivity index (χ0n) is 11.1. The average Bonchev–Trinajstić information content (AvgIpc) is 2.37. The van der Waals surface area contributed by atoms with Crippen LogP contribution in [0.5, 0.6) is 0 Å². The molecule has 0 amide bonds. The molecule has 7 heteroatoms. The molecular weight excluding hydrogens is 280 g/mol. The van der Waals surface area contributed by atoms with Gasteiger partial charge in [0, 0.05) is 13.2 Å². The van der Waals surface area contributed by atoms with Gasteiger partial charge in [-0.3, -0.25) is 0 Å². The van der Waals surface area contributed by atoms with Crippen molar-refractivity contribution < 1.29 is 32.1 Å². The van der Waals surface area contributed by atoms with E-state index in [0.29, 0.717) is 12.1 Å². The fraction of sp³-hybridized carbons (Fsp3) is 0.538. The number of ether oxygens (including phenoxy) is 2. The zero-order chi connectivity index (χ0) is 15.3. The molecule has 0 bridgehead atoms. The molecule has 0 aliphatic heterocycles. The van der Waals surface area contributed by atoms with Crippen LogP contribution < -0.4 is 0 Å². The van der Waals surface area contributed by atoms with Crippen molar-refractivity contribution in [2.75, 3.05) is 13.2 Å². The van der Waals surface area contributed by atoms with Crippen LogP contribution >= 0.6 is 0 Å². The van der Waals surface area contributed by atoms with Gasteiger partial charge in [0.25, 0.3) is 0 Å². The first-order chi connectivity index (χ1) is 9.31. The van der Waals surface area contributed by atoms with Crippen molar-refractivity contribution in [3.05, 3.63) is 35.1 Å². The lowest BCUT2D eigenvalue weighted by atomic mass is 10.0. The third kappa shape index (κ3) is 4.16. The Labute approximate surface area is 114 Å². The third-order valence-corrected chi connectivity index (χ3v) is 2.56. The second-order valence-corrected chi connectivity index (χ2v) is 3.96. The summed E-state index contributed by atoms with van der Waals surface area (Å²) in [4.78, 5) is 0. The Kier molecular flexibility index (Phi) is 5.91. The normalized spacial score (nSPS) is 13.8. The van der Waals surface area contributed by atoms with E-state index < -0.39 is 30.0 Å². The molecule has 3 nitrogen and oxygen atoms in total. The van der Waals surface area contributed by atoms with E-state index in [9.17, 15) is 22.7 Å². The maximum absolute atomic E-state index is 13.2. The predicted molar refractivity (Wildman–Crippen MR) is 63.4 cm³/mol. The standard InChI is InChI=1S/C13H16F4O3/c1-3-19-12(20-4-2)11(18)8-5-6-10(14)9(7-8)13(15,16)17/h5-7,11-12,18H,3-4H2,1-2H3. The van der Waals surface area contributed by atoms with Crippen LogP contribution in [0.15, 0.2) is 18.2 Å². The van der Waals surface area contributed by atoms with E-state index in [1.165, 1.54) is 0 Å². The highest BCUT2D eigenvalue weighted by atomic mass is 19.4. The average molecular weight is 296 g/mol. The number of hydrogen-bond donors (Lipinski definition) is 1. The molecule has 1 unspecified atom stereocenters. The first-order valence-corrected chi connectivity index (χ1v) is 6.09. The van der Waals surface area contributed by atoms with Gasteiger partial charge in [-0.15, -0.1) is 0 Å². The van der Waals surface area contributed by atoms with Crippen LogP contribution in [0.3, 0.4) is 0 Å². The minimum atomic E-state index is -4.83. The molecule has 1 rings (SSSR count). The highest BCUT2D eigenvalue weighted by Gasteiger charge is 2.35. The molecule has 114 valence electrons. The van der Waals surface area contributed by atoms with Crippen molar-refractivity contribution in [2.45, 2.75) is 32.4 Å². The van der Waals surface area contributed by atoms with Crippen molar-refractivity contribution in [1.82, 2.24) is 0 Å². The summed E-state index contributed by atoms with van der Waals surface area (Å²) in [6.07, 6.45) is -7.36. The number of aliphatic hydroxyl groups is 1. The Morgan fingerprint density at radius 1 is 1.15 bits per heavy atom. The van der Waals surface area contributed by atoms with E-state index in [1.807, 2.05) is 0 Å². The molecule has 0 heterocycles. The molecule has 0 aliphatic rings. The number of rotatable bonds is 6. The number of aliphatic hydroxyl groups excluding tert-OH is 1. The fourth-order valence-corrected chi connectivity index (χ4v) is 1.66. The van der Waals surface area contributed by atoms with Crippen molar-refractivity contribution in [3.63, 3.8) is 0 Å². The first kappa shape index (κ1) is 16.9. The molecule has 0 aliphatic carbocycles. The lowest BCUT2D eigenvalue weighted by Gasteiger charge is -2.23. The Morgan fingerprint density at radius 2 is 1.70 bits per heavy atom. The van der Waals surface area contributed by atoms with Crippen LogP contribution in [0, 0.1) is 5.82 Å². The van der Waals surface area contributed by atoms with Gasteiger partial charge >= 0.3 is 6.18 Å². The highest BCUT2D eigenvalue weighted by Crippen LogP contribution is 2.33. The quantitative estimate of drug-likeness (QED) is 0.647. The molecule has 0 aromatic heterocycles. The summed E-state index contributed by atoms with van der Waals surface area (Å²) in [6, 6.07) is 2.29.